The van der Waals surface area contributed by atoms with Gasteiger partial charge >= 0.3 is 0 Å². The van der Waals surface area contributed by atoms with E-state index in [0.29, 0.717) is 0 Å². The van der Waals surface area contributed by atoms with E-state index < -0.39 is 11.7 Å². The standard InChI is InChI=1S/C8H4F2N2/c9-7-1-5(3-11)8(10)2-6(7)4-12/h1-2H2. The Bertz CT molecular complexity index is 316. The second-order valence-corrected chi connectivity index (χ2v) is 2.34. The second-order valence-electron chi connectivity index (χ2n) is 2.34. The molecule has 0 atom stereocenters. The van der Waals surface area contributed by atoms with Crippen molar-refractivity contribution in [2.45, 2.75) is 12.8 Å². The zero-order valence-electron chi connectivity index (χ0n) is 6.06. The Morgan fingerprint density at radius 1 is 0.917 bits per heavy atom. The summed E-state index contributed by atoms with van der Waals surface area (Å²) in [5.41, 5.74) is -0.432. The van der Waals surface area contributed by atoms with Crippen molar-refractivity contribution in [3.63, 3.8) is 0 Å². The summed E-state index contributed by atoms with van der Waals surface area (Å²) >= 11 is 0. The van der Waals surface area contributed by atoms with E-state index in [9.17, 15) is 8.78 Å². The minimum Gasteiger partial charge on any atom is -0.210 e. The number of rotatable bonds is 0. The molecule has 0 aliphatic heterocycles. The molecule has 4 heteroatoms. The van der Waals surface area contributed by atoms with Crippen molar-refractivity contribution in [2.24, 2.45) is 0 Å². The fraction of sp³-hybridized carbons (Fsp3) is 0.250. The Labute approximate surface area is 68.0 Å². The molecule has 0 heterocycles. The van der Waals surface area contributed by atoms with Gasteiger partial charge in [0.1, 0.15) is 11.7 Å². The van der Waals surface area contributed by atoms with Gasteiger partial charge in [-0.1, -0.05) is 0 Å². The molecule has 0 N–H and O–H groups in total. The van der Waals surface area contributed by atoms with Crippen molar-refractivity contribution in [3.8, 4) is 12.1 Å². The molecule has 0 bridgehead atoms. The molecular formula is C8H4F2N2. The number of allylic oxidation sites excluding steroid dienone is 4. The molecule has 0 saturated heterocycles. The van der Waals surface area contributed by atoms with Gasteiger partial charge in [-0.2, -0.15) is 10.5 Å². The third-order valence-corrected chi connectivity index (χ3v) is 1.59. The zero-order chi connectivity index (χ0) is 9.14. The smallest absolute Gasteiger partial charge is 0.119 e. The van der Waals surface area contributed by atoms with E-state index in [-0.39, 0.29) is 24.0 Å². The van der Waals surface area contributed by atoms with Gasteiger partial charge in [-0.3, -0.25) is 0 Å². The summed E-state index contributed by atoms with van der Waals surface area (Å²) in [4.78, 5) is 0. The van der Waals surface area contributed by atoms with Crippen LogP contribution in [0.3, 0.4) is 0 Å². The molecule has 1 aliphatic carbocycles. The predicted octanol–water partition coefficient (Wildman–Crippen LogP) is 2.27. The summed E-state index contributed by atoms with van der Waals surface area (Å²) in [6.07, 6.45) is -0.767. The van der Waals surface area contributed by atoms with Gasteiger partial charge in [-0.25, -0.2) is 8.78 Å². The summed E-state index contributed by atoms with van der Waals surface area (Å²) in [5.74, 6) is -1.40. The van der Waals surface area contributed by atoms with Crippen molar-refractivity contribution in [2.75, 3.05) is 0 Å². The number of nitriles is 2. The summed E-state index contributed by atoms with van der Waals surface area (Å²) in [6.45, 7) is 0. The van der Waals surface area contributed by atoms with Crippen molar-refractivity contribution in [1.82, 2.24) is 0 Å². The van der Waals surface area contributed by atoms with E-state index in [1.165, 1.54) is 0 Å². The van der Waals surface area contributed by atoms with E-state index >= 15 is 0 Å². The van der Waals surface area contributed by atoms with Crippen LogP contribution in [-0.2, 0) is 0 Å². The molecule has 0 spiro atoms. The lowest BCUT2D eigenvalue weighted by molar-refractivity contribution is 0.543. The van der Waals surface area contributed by atoms with Gasteiger partial charge in [0.2, 0.25) is 0 Å². The molecular weight excluding hydrogens is 162 g/mol. The van der Waals surface area contributed by atoms with Crippen LogP contribution < -0.4 is 0 Å². The van der Waals surface area contributed by atoms with Crippen LogP contribution in [-0.4, -0.2) is 0 Å². The minimum absolute atomic E-state index is 0.216. The molecule has 0 aromatic heterocycles. The van der Waals surface area contributed by atoms with Gasteiger partial charge in [-0.15, -0.1) is 0 Å². The van der Waals surface area contributed by atoms with Crippen LogP contribution in [0, 0.1) is 22.7 Å². The molecule has 2 nitrogen and oxygen atoms in total. The van der Waals surface area contributed by atoms with Crippen LogP contribution in [0.1, 0.15) is 12.8 Å². The van der Waals surface area contributed by atoms with Crippen LogP contribution in [0.4, 0.5) is 8.78 Å². The third kappa shape index (κ3) is 1.33. The Balaban J connectivity index is 2.98. The highest BCUT2D eigenvalue weighted by Gasteiger charge is 2.20. The lowest BCUT2D eigenvalue weighted by Gasteiger charge is -2.08. The fourth-order valence-corrected chi connectivity index (χ4v) is 0.916. The summed E-state index contributed by atoms with van der Waals surface area (Å²) < 4.78 is 25.5. The second kappa shape index (κ2) is 3.15. The topological polar surface area (TPSA) is 47.6 Å². The fourth-order valence-electron chi connectivity index (χ4n) is 0.916. The maximum absolute atomic E-state index is 12.8. The Morgan fingerprint density at radius 3 is 1.50 bits per heavy atom. The Kier molecular flexibility index (Phi) is 2.21. The first-order chi connectivity index (χ1) is 5.69. The van der Waals surface area contributed by atoms with E-state index in [1.807, 2.05) is 0 Å². The molecule has 0 amide bonds. The van der Waals surface area contributed by atoms with Gasteiger partial charge in [0, 0.05) is 12.8 Å². The Morgan fingerprint density at radius 2 is 1.25 bits per heavy atom. The van der Waals surface area contributed by atoms with Crippen LogP contribution >= 0.6 is 0 Å². The quantitative estimate of drug-likeness (QED) is 0.554. The first kappa shape index (κ1) is 8.42. The van der Waals surface area contributed by atoms with Crippen LogP contribution in [0.2, 0.25) is 0 Å². The van der Waals surface area contributed by atoms with Crippen LogP contribution in [0.5, 0.6) is 0 Å². The van der Waals surface area contributed by atoms with E-state index in [4.69, 9.17) is 10.5 Å². The van der Waals surface area contributed by atoms with Gasteiger partial charge in [-0.05, 0) is 0 Å². The lowest BCUT2D eigenvalue weighted by atomic mass is 9.99. The highest BCUT2D eigenvalue weighted by Crippen LogP contribution is 2.30. The highest BCUT2D eigenvalue weighted by molar-refractivity contribution is 5.41. The molecule has 0 unspecified atom stereocenters. The van der Waals surface area contributed by atoms with E-state index in [0.717, 1.165) is 0 Å². The summed E-state index contributed by atoms with van der Waals surface area (Å²) in [6, 6.07) is 3.10. The van der Waals surface area contributed by atoms with Crippen molar-refractivity contribution in [3.05, 3.63) is 22.8 Å². The molecule has 60 valence electrons. The molecule has 0 saturated carbocycles. The molecule has 1 aliphatic rings. The minimum atomic E-state index is -0.699. The van der Waals surface area contributed by atoms with Gasteiger partial charge in [0.25, 0.3) is 0 Å². The molecule has 0 fully saturated rings. The number of hydrogen-bond donors (Lipinski definition) is 0. The number of nitrogens with zero attached hydrogens (tertiary/aromatic N) is 2. The predicted molar refractivity (Wildman–Crippen MR) is 36.7 cm³/mol. The normalized spacial score (nSPS) is 17.3. The maximum atomic E-state index is 12.8. The average molecular weight is 166 g/mol. The number of hydrogen-bond acceptors (Lipinski definition) is 2. The monoisotopic (exact) mass is 166 g/mol. The first-order valence-electron chi connectivity index (χ1n) is 3.24. The highest BCUT2D eigenvalue weighted by atomic mass is 19.1. The molecule has 12 heavy (non-hydrogen) atoms. The summed E-state index contributed by atoms with van der Waals surface area (Å²) in [7, 11) is 0. The molecule has 0 radical (unpaired) electrons. The van der Waals surface area contributed by atoms with E-state index in [1.54, 1.807) is 12.1 Å². The van der Waals surface area contributed by atoms with Crippen LogP contribution in [0.15, 0.2) is 22.8 Å². The Hall–Kier alpha value is -1.68. The SMILES string of the molecule is N#CC1=C(F)CC(C#N)=C(F)C1. The molecule has 0 aromatic carbocycles. The molecule has 1 rings (SSSR count). The van der Waals surface area contributed by atoms with Gasteiger partial charge in [0.15, 0.2) is 0 Å². The molecule has 0 aromatic rings. The van der Waals surface area contributed by atoms with Crippen molar-refractivity contribution in [1.29, 1.82) is 10.5 Å². The van der Waals surface area contributed by atoms with E-state index in [2.05, 4.69) is 0 Å². The van der Waals surface area contributed by atoms with Crippen LogP contribution in [0.25, 0.3) is 0 Å². The van der Waals surface area contributed by atoms with Gasteiger partial charge in [0.05, 0.1) is 23.3 Å². The van der Waals surface area contributed by atoms with Gasteiger partial charge < -0.3 is 0 Å². The van der Waals surface area contributed by atoms with Crippen molar-refractivity contribution < 1.29 is 8.78 Å². The average Bonchev–Trinajstić information content (AvgIpc) is 2.08. The maximum Gasteiger partial charge on any atom is 0.119 e. The largest absolute Gasteiger partial charge is 0.210 e. The lowest BCUT2D eigenvalue weighted by Crippen LogP contribution is -1.98. The third-order valence-electron chi connectivity index (χ3n) is 1.59. The van der Waals surface area contributed by atoms with Crippen molar-refractivity contribution >= 4 is 0 Å². The first-order valence-corrected chi connectivity index (χ1v) is 3.24. The zero-order valence-corrected chi connectivity index (χ0v) is 6.06. The number of halogens is 2. The summed E-state index contributed by atoms with van der Waals surface area (Å²) in [5, 5.41) is 16.6.